The highest BCUT2D eigenvalue weighted by Gasteiger charge is 2.23. The first kappa shape index (κ1) is 15.7. The molecule has 0 unspecified atom stereocenters. The Balaban J connectivity index is 2.11. The first-order valence-electron chi connectivity index (χ1n) is 7.54. The lowest BCUT2D eigenvalue weighted by molar-refractivity contribution is 0.0982. The molecule has 5 heteroatoms. The summed E-state index contributed by atoms with van der Waals surface area (Å²) < 4.78 is 2.76. The number of rotatable bonds is 3. The smallest absolute Gasteiger partial charge is 0.277 e. The Bertz CT molecular complexity index is 885. The van der Waals surface area contributed by atoms with E-state index in [1.54, 1.807) is 4.90 Å². The van der Waals surface area contributed by atoms with Gasteiger partial charge in [0, 0.05) is 22.9 Å². The number of fused-ring (bicyclic) bond motifs is 1. The summed E-state index contributed by atoms with van der Waals surface area (Å²) in [5.41, 5.74) is 4.14. The molecule has 23 heavy (non-hydrogen) atoms. The minimum Gasteiger partial charge on any atom is -0.307 e. The lowest BCUT2D eigenvalue weighted by Crippen LogP contribution is -2.32. The zero-order valence-electron chi connectivity index (χ0n) is 13.4. The molecular formula is C18H18BrN3O. The van der Waals surface area contributed by atoms with Crippen LogP contribution in [0.5, 0.6) is 0 Å². The maximum absolute atomic E-state index is 13.1. The molecule has 0 aliphatic heterocycles. The maximum Gasteiger partial charge on any atom is 0.277 e. The van der Waals surface area contributed by atoms with Gasteiger partial charge in [0.25, 0.3) is 5.91 Å². The lowest BCUT2D eigenvalue weighted by Gasteiger charge is -2.21. The summed E-state index contributed by atoms with van der Waals surface area (Å²) in [5.74, 6) is -0.0406. The molecule has 0 saturated carbocycles. The maximum atomic E-state index is 13.1. The first-order chi connectivity index (χ1) is 11.0. The number of anilines is 1. The summed E-state index contributed by atoms with van der Waals surface area (Å²) in [4.78, 5) is 19.4. The van der Waals surface area contributed by atoms with Crippen molar-refractivity contribution in [3.8, 4) is 0 Å². The quantitative estimate of drug-likeness (QED) is 0.684. The number of carbonyl (C=O) groups excluding carboxylic acids is 1. The highest BCUT2D eigenvalue weighted by atomic mass is 79.9. The Labute approximate surface area is 143 Å². The van der Waals surface area contributed by atoms with Gasteiger partial charge >= 0.3 is 0 Å². The van der Waals surface area contributed by atoms with Gasteiger partial charge in [0.2, 0.25) is 0 Å². The van der Waals surface area contributed by atoms with Crippen molar-refractivity contribution in [2.45, 2.75) is 20.8 Å². The number of amides is 1. The van der Waals surface area contributed by atoms with Crippen molar-refractivity contribution in [1.82, 2.24) is 9.38 Å². The van der Waals surface area contributed by atoms with Crippen LogP contribution in [0.15, 0.2) is 47.1 Å². The van der Waals surface area contributed by atoms with Gasteiger partial charge in [0.05, 0.1) is 5.69 Å². The number of halogens is 1. The molecular weight excluding hydrogens is 354 g/mol. The van der Waals surface area contributed by atoms with Crippen LogP contribution in [-0.2, 0) is 0 Å². The standard InChI is InChI=1S/C18H18BrN3O/c1-4-21(15-7-5-6-12(2)10-15)18(23)17-13(3)20-16-9-8-14(19)11-22(16)17/h5-11H,4H2,1-3H3. The molecule has 0 aliphatic carbocycles. The minimum atomic E-state index is -0.0406. The normalized spacial score (nSPS) is 11.0. The fraction of sp³-hybridized carbons (Fsp3) is 0.222. The number of carbonyl (C=O) groups is 1. The van der Waals surface area contributed by atoms with Crippen LogP contribution < -0.4 is 4.90 Å². The minimum absolute atomic E-state index is 0.0406. The van der Waals surface area contributed by atoms with Gasteiger partial charge in [-0.05, 0) is 66.5 Å². The highest BCUT2D eigenvalue weighted by Crippen LogP contribution is 2.22. The second kappa shape index (κ2) is 6.16. The molecule has 4 nitrogen and oxygen atoms in total. The van der Waals surface area contributed by atoms with E-state index in [1.807, 2.05) is 67.8 Å². The van der Waals surface area contributed by atoms with Crippen molar-refractivity contribution >= 4 is 33.2 Å². The van der Waals surface area contributed by atoms with E-state index in [0.29, 0.717) is 12.2 Å². The molecule has 0 aliphatic rings. The number of pyridine rings is 1. The Morgan fingerprint density at radius 1 is 1.26 bits per heavy atom. The van der Waals surface area contributed by atoms with Crippen molar-refractivity contribution in [3.05, 3.63) is 64.0 Å². The van der Waals surface area contributed by atoms with Crippen molar-refractivity contribution < 1.29 is 4.79 Å². The van der Waals surface area contributed by atoms with Crippen LogP contribution in [0.1, 0.15) is 28.7 Å². The Morgan fingerprint density at radius 3 is 2.74 bits per heavy atom. The summed E-state index contributed by atoms with van der Waals surface area (Å²) in [7, 11) is 0. The molecule has 0 radical (unpaired) electrons. The molecule has 2 aromatic heterocycles. The second-order valence-electron chi connectivity index (χ2n) is 5.51. The van der Waals surface area contributed by atoms with Crippen molar-refractivity contribution in [3.63, 3.8) is 0 Å². The van der Waals surface area contributed by atoms with Gasteiger partial charge in [0.15, 0.2) is 0 Å². The number of benzene rings is 1. The molecule has 0 bridgehead atoms. The van der Waals surface area contributed by atoms with E-state index in [-0.39, 0.29) is 5.91 Å². The summed E-state index contributed by atoms with van der Waals surface area (Å²) in [6.07, 6.45) is 1.88. The molecule has 3 rings (SSSR count). The highest BCUT2D eigenvalue weighted by molar-refractivity contribution is 9.10. The van der Waals surface area contributed by atoms with E-state index in [1.165, 1.54) is 0 Å². The summed E-state index contributed by atoms with van der Waals surface area (Å²) in [6.45, 7) is 6.48. The van der Waals surface area contributed by atoms with Gasteiger partial charge in [-0.15, -0.1) is 0 Å². The molecule has 2 heterocycles. The van der Waals surface area contributed by atoms with E-state index in [9.17, 15) is 4.79 Å². The van der Waals surface area contributed by atoms with E-state index >= 15 is 0 Å². The van der Waals surface area contributed by atoms with Crippen LogP contribution in [0.4, 0.5) is 5.69 Å². The van der Waals surface area contributed by atoms with Gasteiger partial charge in [-0.25, -0.2) is 4.98 Å². The van der Waals surface area contributed by atoms with Gasteiger partial charge in [-0.1, -0.05) is 12.1 Å². The Kier molecular flexibility index (Phi) is 4.22. The van der Waals surface area contributed by atoms with Gasteiger partial charge in [-0.2, -0.15) is 0 Å². The zero-order valence-corrected chi connectivity index (χ0v) is 15.0. The van der Waals surface area contributed by atoms with Crippen molar-refractivity contribution in [2.24, 2.45) is 0 Å². The molecule has 1 amide bonds. The zero-order chi connectivity index (χ0) is 16.6. The van der Waals surface area contributed by atoms with E-state index in [4.69, 9.17) is 0 Å². The number of hydrogen-bond donors (Lipinski definition) is 0. The third-order valence-electron chi connectivity index (χ3n) is 3.83. The number of aryl methyl sites for hydroxylation is 2. The summed E-state index contributed by atoms with van der Waals surface area (Å²) in [6, 6.07) is 11.8. The van der Waals surface area contributed by atoms with Crippen LogP contribution in [0.3, 0.4) is 0 Å². The molecule has 0 spiro atoms. The van der Waals surface area contributed by atoms with Gasteiger partial charge in [0.1, 0.15) is 11.3 Å². The Hall–Kier alpha value is -2.14. The average Bonchev–Trinajstić information content (AvgIpc) is 2.83. The SMILES string of the molecule is CCN(C(=O)c1c(C)nc2ccc(Br)cn12)c1cccc(C)c1. The molecule has 0 N–H and O–H groups in total. The fourth-order valence-electron chi connectivity index (χ4n) is 2.76. The van der Waals surface area contributed by atoms with Crippen LogP contribution in [0, 0.1) is 13.8 Å². The van der Waals surface area contributed by atoms with Crippen molar-refractivity contribution in [2.75, 3.05) is 11.4 Å². The van der Waals surface area contributed by atoms with E-state index < -0.39 is 0 Å². The largest absolute Gasteiger partial charge is 0.307 e. The van der Waals surface area contributed by atoms with Gasteiger partial charge in [-0.3, -0.25) is 9.20 Å². The predicted octanol–water partition coefficient (Wildman–Crippen LogP) is 4.38. The fourth-order valence-corrected chi connectivity index (χ4v) is 3.10. The molecule has 0 atom stereocenters. The monoisotopic (exact) mass is 371 g/mol. The number of nitrogens with zero attached hydrogens (tertiary/aromatic N) is 3. The summed E-state index contributed by atoms with van der Waals surface area (Å²) >= 11 is 3.46. The van der Waals surface area contributed by atoms with Crippen LogP contribution >= 0.6 is 15.9 Å². The molecule has 0 fully saturated rings. The lowest BCUT2D eigenvalue weighted by atomic mass is 10.2. The number of aromatic nitrogens is 2. The molecule has 118 valence electrons. The molecule has 0 saturated heterocycles. The molecule has 3 aromatic rings. The van der Waals surface area contributed by atoms with E-state index in [0.717, 1.165) is 27.1 Å². The summed E-state index contributed by atoms with van der Waals surface area (Å²) in [5, 5.41) is 0. The Morgan fingerprint density at radius 2 is 2.04 bits per heavy atom. The van der Waals surface area contributed by atoms with Gasteiger partial charge < -0.3 is 4.90 Å². The van der Waals surface area contributed by atoms with Crippen LogP contribution in [0.2, 0.25) is 0 Å². The first-order valence-corrected chi connectivity index (χ1v) is 8.33. The number of imidazole rings is 1. The van der Waals surface area contributed by atoms with Crippen molar-refractivity contribution in [1.29, 1.82) is 0 Å². The number of hydrogen-bond acceptors (Lipinski definition) is 2. The third-order valence-corrected chi connectivity index (χ3v) is 4.30. The average molecular weight is 372 g/mol. The predicted molar refractivity (Wildman–Crippen MR) is 96.2 cm³/mol. The topological polar surface area (TPSA) is 37.6 Å². The van der Waals surface area contributed by atoms with Crippen LogP contribution in [0.25, 0.3) is 5.65 Å². The van der Waals surface area contributed by atoms with E-state index in [2.05, 4.69) is 20.9 Å². The van der Waals surface area contributed by atoms with Crippen LogP contribution in [-0.4, -0.2) is 21.8 Å². The second-order valence-corrected chi connectivity index (χ2v) is 6.43. The third kappa shape index (κ3) is 2.88. The molecule has 1 aromatic carbocycles.